The molecule has 6 atom stereocenters. The monoisotopic (exact) mass is 364 g/mol. The summed E-state index contributed by atoms with van der Waals surface area (Å²) in [6.07, 6.45) is 8.17. The molecule has 0 radical (unpaired) electrons. The highest BCUT2D eigenvalue weighted by atomic mass is 35.5. The summed E-state index contributed by atoms with van der Waals surface area (Å²) in [5, 5.41) is 0.546. The Morgan fingerprint density at radius 1 is 1.08 bits per heavy atom. The molecule has 0 heterocycles. The smallest absolute Gasteiger partial charge is 0.302 e. The Labute approximate surface area is 155 Å². The van der Waals surface area contributed by atoms with Crippen LogP contribution in [0.15, 0.2) is 10.6 Å². The van der Waals surface area contributed by atoms with Gasteiger partial charge in [-0.25, -0.2) is 0 Å². The fourth-order valence-corrected chi connectivity index (χ4v) is 7.40. The van der Waals surface area contributed by atoms with Gasteiger partial charge in [0.2, 0.25) is 0 Å². The lowest BCUT2D eigenvalue weighted by Gasteiger charge is -2.58. The first-order valence-electron chi connectivity index (χ1n) is 9.87. The molecule has 3 fully saturated rings. The number of Topliss-reactive ketones (excluding diaryl/α,β-unsaturated/α-hetero) is 1. The Bertz CT molecular complexity index is 654. The van der Waals surface area contributed by atoms with Crippen LogP contribution in [0.5, 0.6) is 0 Å². The fraction of sp³-hybridized carbons (Fsp3) is 0.810. The number of allylic oxidation sites excluding steroid dienone is 1. The molecule has 0 bridgehead atoms. The fourth-order valence-electron chi connectivity index (χ4n) is 7.00. The van der Waals surface area contributed by atoms with E-state index in [1.807, 2.05) is 0 Å². The van der Waals surface area contributed by atoms with Gasteiger partial charge >= 0.3 is 5.97 Å². The van der Waals surface area contributed by atoms with Crippen LogP contribution >= 0.6 is 11.6 Å². The largest absolute Gasteiger partial charge is 0.462 e. The number of ether oxygens (including phenoxy) is 1. The normalized spacial score (nSPS) is 46.3. The van der Waals surface area contributed by atoms with Crippen LogP contribution in [-0.4, -0.2) is 17.9 Å². The Morgan fingerprint density at radius 3 is 2.56 bits per heavy atom. The summed E-state index contributed by atoms with van der Waals surface area (Å²) >= 11 is 6.45. The van der Waals surface area contributed by atoms with Crippen molar-refractivity contribution < 1.29 is 14.3 Å². The maximum Gasteiger partial charge on any atom is 0.302 e. The van der Waals surface area contributed by atoms with Crippen LogP contribution in [-0.2, 0) is 14.3 Å². The molecular formula is C21H29ClO3. The summed E-state index contributed by atoms with van der Waals surface area (Å²) in [7, 11) is 0. The average Bonchev–Trinajstić information content (AvgIpc) is 2.88. The van der Waals surface area contributed by atoms with Crippen LogP contribution in [0.2, 0.25) is 0 Å². The molecule has 0 unspecified atom stereocenters. The number of hydrogen-bond donors (Lipinski definition) is 0. The van der Waals surface area contributed by atoms with E-state index >= 15 is 0 Å². The molecular weight excluding hydrogens is 336 g/mol. The number of carbonyl (C=O) groups excluding carboxylic acids is 2. The summed E-state index contributed by atoms with van der Waals surface area (Å²) in [4.78, 5) is 23.6. The SMILES string of the molecule is CC(=O)O[C@H]1CC[C@@H]2[C@@H]3CCC4=C(Cl)C(=O)CC[C@]4(C)[C@H]3CC[C@]12C. The van der Waals surface area contributed by atoms with Gasteiger partial charge in [-0.2, -0.15) is 0 Å². The quantitative estimate of drug-likeness (QED) is 0.614. The molecule has 0 aromatic rings. The lowest BCUT2D eigenvalue weighted by Crippen LogP contribution is -2.52. The van der Waals surface area contributed by atoms with Gasteiger partial charge in [0.1, 0.15) is 6.10 Å². The number of esters is 1. The van der Waals surface area contributed by atoms with Crippen molar-refractivity contribution in [2.45, 2.75) is 78.2 Å². The number of ketones is 1. The van der Waals surface area contributed by atoms with Crippen molar-refractivity contribution in [3.8, 4) is 0 Å². The zero-order chi connectivity index (χ0) is 18.0. The van der Waals surface area contributed by atoms with Gasteiger partial charge in [-0.3, -0.25) is 9.59 Å². The molecule has 0 amide bonds. The molecule has 0 aromatic carbocycles. The van der Waals surface area contributed by atoms with E-state index in [9.17, 15) is 9.59 Å². The van der Waals surface area contributed by atoms with E-state index in [0.717, 1.165) is 44.9 Å². The molecule has 138 valence electrons. The second kappa shape index (κ2) is 5.84. The molecule has 3 saturated carbocycles. The third-order valence-corrected chi connectivity index (χ3v) is 8.71. The molecule has 3 nitrogen and oxygen atoms in total. The van der Waals surface area contributed by atoms with Crippen LogP contribution in [0, 0.1) is 28.6 Å². The van der Waals surface area contributed by atoms with E-state index in [0.29, 0.717) is 29.2 Å². The number of carbonyl (C=O) groups is 2. The van der Waals surface area contributed by atoms with Crippen molar-refractivity contribution in [2.24, 2.45) is 28.6 Å². The Hall–Kier alpha value is -0.830. The van der Waals surface area contributed by atoms with Crippen LogP contribution in [0.1, 0.15) is 72.1 Å². The molecule has 4 aliphatic carbocycles. The van der Waals surface area contributed by atoms with Gasteiger partial charge in [0.05, 0.1) is 5.03 Å². The minimum atomic E-state index is -0.146. The molecule has 4 aliphatic rings. The van der Waals surface area contributed by atoms with Gasteiger partial charge in [0, 0.05) is 18.8 Å². The first kappa shape index (κ1) is 17.6. The van der Waals surface area contributed by atoms with E-state index in [1.54, 1.807) is 0 Å². The predicted molar refractivity (Wildman–Crippen MR) is 97.1 cm³/mol. The van der Waals surface area contributed by atoms with Gasteiger partial charge in [-0.1, -0.05) is 25.4 Å². The maximum atomic E-state index is 12.1. The standard InChI is InChI=1S/C21H29ClO3/c1-12(23)25-18-7-6-14-13-4-5-16-19(22)17(24)9-11-20(16,2)15(13)8-10-21(14,18)3/h13-15,18H,4-11H2,1-3H3/t13-,14+,15-,18-,20+,21-/m0/s1. The summed E-state index contributed by atoms with van der Waals surface area (Å²) < 4.78 is 5.71. The van der Waals surface area contributed by atoms with Crippen LogP contribution in [0.3, 0.4) is 0 Å². The Balaban J connectivity index is 1.65. The lowest BCUT2D eigenvalue weighted by atomic mass is 9.47. The molecule has 0 aliphatic heterocycles. The van der Waals surface area contributed by atoms with Gasteiger partial charge < -0.3 is 4.74 Å². The predicted octanol–water partition coefficient (Wildman–Crippen LogP) is 5.02. The van der Waals surface area contributed by atoms with Crippen LogP contribution < -0.4 is 0 Å². The molecule has 0 N–H and O–H groups in total. The van der Waals surface area contributed by atoms with Crippen molar-refractivity contribution >= 4 is 23.4 Å². The number of hydrogen-bond acceptors (Lipinski definition) is 3. The van der Waals surface area contributed by atoms with Gasteiger partial charge in [-0.05, 0) is 73.7 Å². The first-order valence-corrected chi connectivity index (χ1v) is 10.2. The van der Waals surface area contributed by atoms with Crippen LogP contribution in [0.4, 0.5) is 0 Å². The second-order valence-corrected chi connectivity index (χ2v) is 9.65. The number of rotatable bonds is 1. The van der Waals surface area contributed by atoms with Crippen LogP contribution in [0.25, 0.3) is 0 Å². The summed E-state index contributed by atoms with van der Waals surface area (Å²) in [6, 6.07) is 0. The third kappa shape index (κ3) is 2.44. The summed E-state index contributed by atoms with van der Waals surface area (Å²) in [5.41, 5.74) is 1.46. The highest BCUT2D eigenvalue weighted by Crippen LogP contribution is 2.66. The van der Waals surface area contributed by atoms with E-state index < -0.39 is 0 Å². The minimum Gasteiger partial charge on any atom is -0.462 e. The molecule has 25 heavy (non-hydrogen) atoms. The zero-order valence-electron chi connectivity index (χ0n) is 15.6. The minimum absolute atomic E-state index is 0.0808. The van der Waals surface area contributed by atoms with Crippen molar-refractivity contribution in [1.82, 2.24) is 0 Å². The number of fused-ring (bicyclic) bond motifs is 5. The zero-order valence-corrected chi connectivity index (χ0v) is 16.3. The highest BCUT2D eigenvalue weighted by molar-refractivity contribution is 6.43. The van der Waals surface area contributed by atoms with E-state index in [2.05, 4.69) is 13.8 Å². The van der Waals surface area contributed by atoms with Gasteiger partial charge in [-0.15, -0.1) is 0 Å². The van der Waals surface area contributed by atoms with Crippen molar-refractivity contribution in [2.75, 3.05) is 0 Å². The lowest BCUT2D eigenvalue weighted by molar-refractivity contribution is -0.157. The van der Waals surface area contributed by atoms with E-state index in [4.69, 9.17) is 16.3 Å². The summed E-state index contributed by atoms with van der Waals surface area (Å²) in [5.74, 6) is 1.92. The molecule has 0 spiro atoms. The highest BCUT2D eigenvalue weighted by Gasteiger charge is 2.60. The van der Waals surface area contributed by atoms with E-state index in [1.165, 1.54) is 12.5 Å². The van der Waals surface area contributed by atoms with Crippen molar-refractivity contribution in [3.05, 3.63) is 10.6 Å². The molecule has 0 saturated heterocycles. The molecule has 4 heteroatoms. The van der Waals surface area contributed by atoms with E-state index in [-0.39, 0.29) is 28.7 Å². The average molecular weight is 365 g/mol. The van der Waals surface area contributed by atoms with Crippen molar-refractivity contribution in [1.29, 1.82) is 0 Å². The molecule has 4 rings (SSSR count). The van der Waals surface area contributed by atoms with Gasteiger partial charge in [0.15, 0.2) is 5.78 Å². The first-order chi connectivity index (χ1) is 11.8. The Kier molecular flexibility index (Phi) is 4.10. The van der Waals surface area contributed by atoms with Crippen molar-refractivity contribution in [3.63, 3.8) is 0 Å². The van der Waals surface area contributed by atoms with Gasteiger partial charge in [0.25, 0.3) is 0 Å². The summed E-state index contributed by atoms with van der Waals surface area (Å²) in [6.45, 7) is 6.23. The third-order valence-electron chi connectivity index (χ3n) is 8.27. The maximum absolute atomic E-state index is 12.1. The Morgan fingerprint density at radius 2 is 1.84 bits per heavy atom. The topological polar surface area (TPSA) is 43.4 Å². The second-order valence-electron chi connectivity index (χ2n) is 9.27. The number of halogens is 1. The molecule has 0 aromatic heterocycles.